The lowest BCUT2D eigenvalue weighted by Crippen LogP contribution is -2.25. The quantitative estimate of drug-likeness (QED) is 0.686. The lowest BCUT2D eigenvalue weighted by molar-refractivity contribution is 0.599. The van der Waals surface area contributed by atoms with Crippen molar-refractivity contribution >= 4 is 15.8 Å². The fourth-order valence-electron chi connectivity index (χ4n) is 0.945. The maximum absolute atomic E-state index is 11.2. The van der Waals surface area contributed by atoms with E-state index in [1.54, 1.807) is 10.9 Å². The van der Waals surface area contributed by atoms with Crippen molar-refractivity contribution in [1.29, 1.82) is 0 Å². The van der Waals surface area contributed by atoms with Gasteiger partial charge in [0, 0.05) is 14.1 Å². The molecule has 0 aliphatic heterocycles. The molecule has 5 nitrogen and oxygen atoms in total. The molecule has 0 unspecified atom stereocenters. The Kier molecular flexibility index (Phi) is 2.34. The monoisotopic (exact) mass is 203 g/mol. The lowest BCUT2D eigenvalue weighted by Gasteiger charge is -2.14. The summed E-state index contributed by atoms with van der Waals surface area (Å²) in [6.45, 7) is 1.82. The van der Waals surface area contributed by atoms with Gasteiger partial charge in [0.1, 0.15) is 0 Å². The van der Waals surface area contributed by atoms with Gasteiger partial charge in [0.15, 0.2) is 5.82 Å². The van der Waals surface area contributed by atoms with E-state index in [2.05, 4.69) is 4.98 Å². The normalized spacial score (nSPS) is 11.7. The summed E-state index contributed by atoms with van der Waals surface area (Å²) in [5.74, 6) is 0.477. The highest BCUT2D eigenvalue weighted by atomic mass is 32.2. The molecule has 13 heavy (non-hydrogen) atoms. The van der Waals surface area contributed by atoms with Crippen LogP contribution in [0.3, 0.4) is 0 Å². The summed E-state index contributed by atoms with van der Waals surface area (Å²) in [6, 6.07) is 0. The van der Waals surface area contributed by atoms with Gasteiger partial charge >= 0.3 is 0 Å². The SMILES string of the molecule is Cc1c(N(C)S(C)(=O)=O)ncn1C. The molecule has 1 heterocycles. The number of aryl methyl sites for hydroxylation is 1. The summed E-state index contributed by atoms with van der Waals surface area (Å²) in [5.41, 5.74) is 0.827. The van der Waals surface area contributed by atoms with Crippen molar-refractivity contribution in [2.45, 2.75) is 6.92 Å². The van der Waals surface area contributed by atoms with E-state index in [1.807, 2.05) is 14.0 Å². The number of hydrogen-bond donors (Lipinski definition) is 0. The molecule has 0 amide bonds. The molecule has 1 aromatic heterocycles. The molecule has 6 heteroatoms. The first-order valence-electron chi connectivity index (χ1n) is 3.76. The number of anilines is 1. The number of sulfonamides is 1. The van der Waals surface area contributed by atoms with Gasteiger partial charge in [-0.3, -0.25) is 4.31 Å². The molecule has 0 saturated carbocycles. The molecule has 0 aliphatic carbocycles. The van der Waals surface area contributed by atoms with E-state index in [9.17, 15) is 8.42 Å². The van der Waals surface area contributed by atoms with E-state index in [-0.39, 0.29) is 0 Å². The standard InChI is InChI=1S/C7H13N3O2S/c1-6-7(8-5-9(6)2)10(3)13(4,11)12/h5H,1-4H3. The second kappa shape index (κ2) is 3.02. The first-order valence-corrected chi connectivity index (χ1v) is 5.60. The van der Waals surface area contributed by atoms with Gasteiger partial charge < -0.3 is 4.57 Å². The predicted octanol–water partition coefficient (Wildman–Crippen LogP) is 0.124. The van der Waals surface area contributed by atoms with Crippen LogP contribution in [-0.2, 0) is 17.1 Å². The molecule has 0 aromatic carbocycles. The van der Waals surface area contributed by atoms with Gasteiger partial charge in [-0.1, -0.05) is 0 Å². The molecular formula is C7H13N3O2S. The van der Waals surface area contributed by atoms with Gasteiger partial charge in [-0.25, -0.2) is 13.4 Å². The smallest absolute Gasteiger partial charge is 0.233 e. The predicted molar refractivity (Wildman–Crippen MR) is 51.2 cm³/mol. The van der Waals surface area contributed by atoms with Crippen LogP contribution in [-0.4, -0.2) is 31.3 Å². The number of rotatable bonds is 2. The zero-order valence-electron chi connectivity index (χ0n) is 8.14. The van der Waals surface area contributed by atoms with E-state index >= 15 is 0 Å². The van der Waals surface area contributed by atoms with E-state index < -0.39 is 10.0 Å². The van der Waals surface area contributed by atoms with Gasteiger partial charge in [-0.2, -0.15) is 0 Å². The highest BCUT2D eigenvalue weighted by Gasteiger charge is 2.16. The molecule has 0 spiro atoms. The second-order valence-electron chi connectivity index (χ2n) is 2.99. The Labute approximate surface area is 78.1 Å². The van der Waals surface area contributed by atoms with Crippen LogP contribution in [0.2, 0.25) is 0 Å². The van der Waals surface area contributed by atoms with Crippen LogP contribution >= 0.6 is 0 Å². The molecule has 1 aromatic rings. The average molecular weight is 203 g/mol. The van der Waals surface area contributed by atoms with Crippen molar-refractivity contribution in [1.82, 2.24) is 9.55 Å². The first kappa shape index (κ1) is 10.0. The highest BCUT2D eigenvalue weighted by Crippen LogP contribution is 2.16. The first-order chi connectivity index (χ1) is 5.84. The summed E-state index contributed by atoms with van der Waals surface area (Å²) < 4.78 is 25.3. The highest BCUT2D eigenvalue weighted by molar-refractivity contribution is 7.92. The van der Waals surface area contributed by atoms with E-state index in [0.717, 1.165) is 11.9 Å². The zero-order chi connectivity index (χ0) is 10.2. The molecule has 0 fully saturated rings. The summed E-state index contributed by atoms with van der Waals surface area (Å²) >= 11 is 0. The van der Waals surface area contributed by atoms with E-state index in [1.165, 1.54) is 11.4 Å². The Hall–Kier alpha value is -1.04. The van der Waals surface area contributed by atoms with Gasteiger partial charge in [0.2, 0.25) is 10.0 Å². The Balaban J connectivity index is 3.17. The van der Waals surface area contributed by atoms with Gasteiger partial charge in [-0.15, -0.1) is 0 Å². The van der Waals surface area contributed by atoms with Crippen molar-refractivity contribution < 1.29 is 8.42 Å². The van der Waals surface area contributed by atoms with Gasteiger partial charge in [0.05, 0.1) is 18.3 Å². The molecule has 0 atom stereocenters. The second-order valence-corrected chi connectivity index (χ2v) is 5.01. The number of imidazole rings is 1. The van der Waals surface area contributed by atoms with Crippen LogP contribution < -0.4 is 4.31 Å². The third-order valence-corrected chi connectivity index (χ3v) is 3.17. The minimum absolute atomic E-state index is 0.477. The van der Waals surface area contributed by atoms with Gasteiger partial charge in [0.25, 0.3) is 0 Å². The molecule has 74 valence electrons. The van der Waals surface area contributed by atoms with Crippen LogP contribution in [0.4, 0.5) is 5.82 Å². The number of nitrogens with zero attached hydrogens (tertiary/aromatic N) is 3. The topological polar surface area (TPSA) is 55.2 Å². The summed E-state index contributed by atoms with van der Waals surface area (Å²) in [7, 11) is 0.105. The van der Waals surface area contributed by atoms with Crippen LogP contribution in [0, 0.1) is 6.92 Å². The molecule has 0 bridgehead atoms. The minimum Gasteiger partial charge on any atom is -0.336 e. The fraction of sp³-hybridized carbons (Fsp3) is 0.571. The number of aromatic nitrogens is 2. The summed E-state index contributed by atoms with van der Waals surface area (Å²) in [5, 5.41) is 0. The summed E-state index contributed by atoms with van der Waals surface area (Å²) in [4.78, 5) is 3.99. The van der Waals surface area contributed by atoms with Crippen molar-refractivity contribution in [3.63, 3.8) is 0 Å². The molecule has 0 N–H and O–H groups in total. The van der Waals surface area contributed by atoms with Crippen molar-refractivity contribution in [2.24, 2.45) is 7.05 Å². The molecule has 0 saturated heterocycles. The van der Waals surface area contributed by atoms with E-state index in [0.29, 0.717) is 5.82 Å². The Morgan fingerprint density at radius 3 is 2.38 bits per heavy atom. The van der Waals surface area contributed by atoms with Crippen LogP contribution in [0.15, 0.2) is 6.33 Å². The Morgan fingerprint density at radius 1 is 1.54 bits per heavy atom. The largest absolute Gasteiger partial charge is 0.336 e. The Morgan fingerprint density at radius 2 is 2.08 bits per heavy atom. The third kappa shape index (κ3) is 1.82. The van der Waals surface area contributed by atoms with Gasteiger partial charge in [-0.05, 0) is 6.92 Å². The molecule has 0 radical (unpaired) electrons. The summed E-state index contributed by atoms with van der Waals surface area (Å²) in [6.07, 6.45) is 2.74. The minimum atomic E-state index is -3.21. The number of hydrogen-bond acceptors (Lipinski definition) is 3. The lowest BCUT2D eigenvalue weighted by atomic mass is 10.5. The third-order valence-electron chi connectivity index (χ3n) is 2.00. The average Bonchev–Trinajstić information content (AvgIpc) is 2.30. The van der Waals surface area contributed by atoms with Crippen molar-refractivity contribution in [3.05, 3.63) is 12.0 Å². The molecule has 0 aliphatic rings. The van der Waals surface area contributed by atoms with Crippen LogP contribution in [0.25, 0.3) is 0 Å². The van der Waals surface area contributed by atoms with Crippen LogP contribution in [0.1, 0.15) is 5.69 Å². The van der Waals surface area contributed by atoms with Crippen molar-refractivity contribution in [2.75, 3.05) is 17.6 Å². The van der Waals surface area contributed by atoms with Crippen molar-refractivity contribution in [3.8, 4) is 0 Å². The molecular weight excluding hydrogens is 190 g/mol. The zero-order valence-corrected chi connectivity index (χ0v) is 8.96. The molecule has 1 rings (SSSR count). The maximum Gasteiger partial charge on any atom is 0.233 e. The van der Waals surface area contributed by atoms with Crippen LogP contribution in [0.5, 0.6) is 0 Å². The Bertz CT molecular complexity index is 407. The van der Waals surface area contributed by atoms with E-state index in [4.69, 9.17) is 0 Å². The fourth-order valence-corrected chi connectivity index (χ4v) is 1.44. The maximum atomic E-state index is 11.2.